The number of benzene rings is 1. The Hall–Kier alpha value is -0.910. The van der Waals surface area contributed by atoms with Gasteiger partial charge in [-0.15, -0.1) is 0 Å². The summed E-state index contributed by atoms with van der Waals surface area (Å²) in [6.07, 6.45) is 1.05. The van der Waals surface area contributed by atoms with Gasteiger partial charge in [0, 0.05) is 13.2 Å². The second-order valence-electron chi connectivity index (χ2n) is 4.39. The molecule has 2 N–H and O–H groups in total. The maximum Gasteiger partial charge on any atom is 0.211 e. The van der Waals surface area contributed by atoms with Gasteiger partial charge in [0.05, 0.1) is 5.75 Å². The molecule has 18 heavy (non-hydrogen) atoms. The van der Waals surface area contributed by atoms with E-state index in [2.05, 4.69) is 11.6 Å². The van der Waals surface area contributed by atoms with E-state index in [0.29, 0.717) is 12.5 Å². The van der Waals surface area contributed by atoms with Crippen molar-refractivity contribution in [3.8, 4) is 0 Å². The summed E-state index contributed by atoms with van der Waals surface area (Å²) in [5.41, 5.74) is 1.21. The lowest BCUT2D eigenvalue weighted by Gasteiger charge is -2.12. The molecular weight excluding hydrogens is 250 g/mol. The maximum absolute atomic E-state index is 11.5. The molecule has 0 saturated carbocycles. The van der Waals surface area contributed by atoms with E-state index in [1.165, 1.54) is 5.56 Å². The summed E-state index contributed by atoms with van der Waals surface area (Å²) in [6, 6.07) is 10.0. The Balaban J connectivity index is 2.34. The minimum Gasteiger partial charge on any atom is -0.396 e. The van der Waals surface area contributed by atoms with Gasteiger partial charge in [0.2, 0.25) is 10.0 Å². The van der Waals surface area contributed by atoms with Crippen LogP contribution in [0.5, 0.6) is 0 Å². The van der Waals surface area contributed by atoms with E-state index < -0.39 is 10.0 Å². The maximum atomic E-state index is 11.5. The van der Waals surface area contributed by atoms with Crippen molar-refractivity contribution in [2.45, 2.75) is 25.7 Å². The highest BCUT2D eigenvalue weighted by atomic mass is 32.2. The van der Waals surface area contributed by atoms with Gasteiger partial charge in [0.1, 0.15) is 0 Å². The molecule has 0 aliphatic rings. The van der Waals surface area contributed by atoms with Gasteiger partial charge in [-0.2, -0.15) is 0 Å². The van der Waals surface area contributed by atoms with Gasteiger partial charge in [-0.3, -0.25) is 0 Å². The quantitative estimate of drug-likeness (QED) is 0.752. The topological polar surface area (TPSA) is 66.4 Å². The lowest BCUT2D eigenvalue weighted by molar-refractivity contribution is 0.295. The first-order valence-corrected chi connectivity index (χ1v) is 7.83. The highest BCUT2D eigenvalue weighted by Gasteiger charge is 2.10. The summed E-state index contributed by atoms with van der Waals surface area (Å²) in [5, 5.41) is 8.60. The predicted octanol–water partition coefficient (Wildman–Crippen LogP) is 1.48. The van der Waals surface area contributed by atoms with Crippen molar-refractivity contribution < 1.29 is 13.5 Å². The monoisotopic (exact) mass is 271 g/mol. The van der Waals surface area contributed by atoms with Crippen LogP contribution < -0.4 is 4.72 Å². The third kappa shape index (κ3) is 5.62. The third-order valence-corrected chi connectivity index (χ3v) is 4.31. The summed E-state index contributed by atoms with van der Waals surface area (Å²) < 4.78 is 25.5. The van der Waals surface area contributed by atoms with E-state index in [1.54, 1.807) is 0 Å². The first-order chi connectivity index (χ1) is 8.55. The van der Waals surface area contributed by atoms with Crippen LogP contribution in [0.15, 0.2) is 30.3 Å². The van der Waals surface area contributed by atoms with Crippen LogP contribution in [-0.2, 0) is 10.0 Å². The first-order valence-electron chi connectivity index (χ1n) is 6.18. The fraction of sp³-hybridized carbons (Fsp3) is 0.538. The van der Waals surface area contributed by atoms with Crippen molar-refractivity contribution in [3.63, 3.8) is 0 Å². The van der Waals surface area contributed by atoms with Gasteiger partial charge in [-0.1, -0.05) is 37.3 Å². The van der Waals surface area contributed by atoms with Gasteiger partial charge >= 0.3 is 0 Å². The Morgan fingerprint density at radius 2 is 1.94 bits per heavy atom. The van der Waals surface area contributed by atoms with E-state index in [-0.39, 0.29) is 18.8 Å². The van der Waals surface area contributed by atoms with Gasteiger partial charge < -0.3 is 5.11 Å². The van der Waals surface area contributed by atoms with Crippen LogP contribution in [0.25, 0.3) is 0 Å². The molecule has 1 aromatic rings. The zero-order chi connectivity index (χ0) is 13.4. The summed E-state index contributed by atoms with van der Waals surface area (Å²) in [5.74, 6) is 0.315. The van der Waals surface area contributed by atoms with E-state index in [9.17, 15) is 8.42 Å². The first kappa shape index (κ1) is 15.1. The van der Waals surface area contributed by atoms with Gasteiger partial charge in [0.25, 0.3) is 0 Å². The molecule has 0 amide bonds. The fourth-order valence-electron chi connectivity index (χ4n) is 1.71. The Morgan fingerprint density at radius 1 is 1.28 bits per heavy atom. The molecular formula is C13H21NO3S. The molecule has 0 aliphatic carbocycles. The van der Waals surface area contributed by atoms with E-state index >= 15 is 0 Å². The lowest BCUT2D eigenvalue weighted by atomic mass is 9.98. The largest absolute Gasteiger partial charge is 0.396 e. The average molecular weight is 271 g/mol. The highest BCUT2D eigenvalue weighted by molar-refractivity contribution is 7.89. The number of hydrogen-bond acceptors (Lipinski definition) is 3. The van der Waals surface area contributed by atoms with Crippen molar-refractivity contribution in [1.82, 2.24) is 4.72 Å². The molecule has 1 rings (SSSR count). The van der Waals surface area contributed by atoms with Crippen LogP contribution in [0.3, 0.4) is 0 Å². The molecule has 0 aromatic heterocycles. The van der Waals surface area contributed by atoms with Gasteiger partial charge in [0.15, 0.2) is 0 Å². The Morgan fingerprint density at radius 3 is 2.56 bits per heavy atom. The molecule has 0 spiro atoms. The molecule has 0 heterocycles. The number of hydrogen-bond donors (Lipinski definition) is 2. The SMILES string of the molecule is CC(CCNS(=O)(=O)CCCO)c1ccccc1. The standard InChI is InChI=1S/C13H21NO3S/c1-12(13-6-3-2-4-7-13)8-9-14-18(16,17)11-5-10-15/h2-4,6-7,12,14-15H,5,8-11H2,1H3. The van der Waals surface area contributed by atoms with Crippen LogP contribution >= 0.6 is 0 Å². The van der Waals surface area contributed by atoms with Crippen LogP contribution in [0, 0.1) is 0 Å². The molecule has 102 valence electrons. The Kier molecular flexibility index (Phi) is 6.32. The van der Waals surface area contributed by atoms with E-state index in [1.807, 2.05) is 30.3 Å². The van der Waals surface area contributed by atoms with Crippen molar-refractivity contribution in [2.75, 3.05) is 18.9 Å². The normalized spacial score (nSPS) is 13.4. The Bertz CT molecular complexity index is 431. The van der Waals surface area contributed by atoms with Gasteiger partial charge in [-0.05, 0) is 24.3 Å². The molecule has 1 atom stereocenters. The van der Waals surface area contributed by atoms with Crippen LogP contribution in [0.2, 0.25) is 0 Å². The summed E-state index contributed by atoms with van der Waals surface area (Å²) in [4.78, 5) is 0. The molecule has 4 nitrogen and oxygen atoms in total. The molecule has 1 aromatic carbocycles. The molecule has 1 unspecified atom stereocenters. The Labute approximate surface area is 109 Å². The minimum atomic E-state index is -3.23. The van der Waals surface area contributed by atoms with Crippen molar-refractivity contribution in [2.24, 2.45) is 0 Å². The second-order valence-corrected chi connectivity index (χ2v) is 6.32. The van der Waals surface area contributed by atoms with Crippen LogP contribution in [-0.4, -0.2) is 32.4 Å². The highest BCUT2D eigenvalue weighted by Crippen LogP contribution is 2.17. The molecule has 0 bridgehead atoms. The molecule has 0 radical (unpaired) electrons. The summed E-state index contributed by atoms with van der Waals surface area (Å²) >= 11 is 0. The smallest absolute Gasteiger partial charge is 0.211 e. The number of aliphatic hydroxyl groups excluding tert-OH is 1. The number of nitrogens with one attached hydrogen (secondary N) is 1. The van der Waals surface area contributed by atoms with E-state index in [4.69, 9.17) is 5.11 Å². The van der Waals surface area contributed by atoms with E-state index in [0.717, 1.165) is 6.42 Å². The summed E-state index contributed by atoms with van der Waals surface area (Å²) in [6.45, 7) is 2.42. The van der Waals surface area contributed by atoms with Crippen LogP contribution in [0.4, 0.5) is 0 Å². The van der Waals surface area contributed by atoms with Crippen LogP contribution in [0.1, 0.15) is 31.2 Å². The van der Waals surface area contributed by atoms with Crippen molar-refractivity contribution in [3.05, 3.63) is 35.9 Å². The van der Waals surface area contributed by atoms with Crippen molar-refractivity contribution >= 4 is 10.0 Å². The zero-order valence-electron chi connectivity index (χ0n) is 10.7. The average Bonchev–Trinajstić information content (AvgIpc) is 2.37. The number of aliphatic hydroxyl groups is 1. The minimum absolute atomic E-state index is 0.0107. The number of sulfonamides is 1. The zero-order valence-corrected chi connectivity index (χ0v) is 11.5. The molecule has 0 fully saturated rings. The molecule has 0 saturated heterocycles. The third-order valence-electron chi connectivity index (χ3n) is 2.84. The molecule has 0 aliphatic heterocycles. The summed E-state index contributed by atoms with van der Waals surface area (Å²) in [7, 11) is -3.23. The van der Waals surface area contributed by atoms with Crippen molar-refractivity contribution in [1.29, 1.82) is 0 Å². The second kappa shape index (κ2) is 7.51. The molecule has 5 heteroatoms. The van der Waals surface area contributed by atoms with Gasteiger partial charge in [-0.25, -0.2) is 13.1 Å². The lowest BCUT2D eigenvalue weighted by Crippen LogP contribution is -2.28. The number of rotatable bonds is 8. The predicted molar refractivity (Wildman–Crippen MR) is 73.0 cm³/mol. The fourth-order valence-corrected chi connectivity index (χ4v) is 2.79.